The average molecular weight is 567 g/mol. The Morgan fingerprint density at radius 3 is 1.68 bits per heavy atom. The molecule has 0 aliphatic heterocycles. The first-order chi connectivity index (χ1) is 21.8. The molecule has 10 rings (SSSR count). The van der Waals surface area contributed by atoms with Gasteiger partial charge in [-0.1, -0.05) is 42.5 Å². The first-order valence-electron chi connectivity index (χ1n) is 14.6. The zero-order valence-electron chi connectivity index (χ0n) is 23.3. The van der Waals surface area contributed by atoms with Crippen molar-refractivity contribution in [1.82, 2.24) is 4.98 Å². The van der Waals surface area contributed by atoms with Gasteiger partial charge in [0.1, 0.15) is 27.9 Å². The molecule has 0 aliphatic carbocycles. The molecule has 0 aliphatic rings. The summed E-state index contributed by atoms with van der Waals surface area (Å²) in [6, 6.07) is 44.0. The van der Waals surface area contributed by atoms with Gasteiger partial charge in [-0.15, -0.1) is 0 Å². The van der Waals surface area contributed by atoms with E-state index in [1.54, 1.807) is 6.20 Å². The Balaban J connectivity index is 1.22. The molecule has 0 bridgehead atoms. The van der Waals surface area contributed by atoms with E-state index >= 15 is 0 Å². The minimum Gasteiger partial charge on any atom is -0.456 e. The Morgan fingerprint density at radius 2 is 0.977 bits per heavy atom. The highest BCUT2D eigenvalue weighted by molar-refractivity contribution is 6.15. The summed E-state index contributed by atoms with van der Waals surface area (Å²) in [5, 5.41) is 8.59. The quantitative estimate of drug-likeness (QED) is 0.213. The molecule has 5 heteroatoms. The van der Waals surface area contributed by atoms with Crippen molar-refractivity contribution in [2.24, 2.45) is 0 Å². The smallest absolute Gasteiger partial charge is 0.227 e. The zero-order valence-corrected chi connectivity index (χ0v) is 23.3. The maximum atomic E-state index is 6.25. The van der Waals surface area contributed by atoms with Crippen LogP contribution in [-0.4, -0.2) is 4.98 Å². The van der Waals surface area contributed by atoms with Crippen molar-refractivity contribution < 1.29 is 13.3 Å². The van der Waals surface area contributed by atoms with Gasteiger partial charge < -0.3 is 18.2 Å². The number of aromatic nitrogens is 1. The second-order valence-corrected chi connectivity index (χ2v) is 11.2. The molecule has 4 aromatic heterocycles. The van der Waals surface area contributed by atoms with Gasteiger partial charge in [0, 0.05) is 61.0 Å². The summed E-state index contributed by atoms with van der Waals surface area (Å²) in [6.45, 7) is 0. The first kappa shape index (κ1) is 23.5. The highest BCUT2D eigenvalue weighted by atomic mass is 16.3. The summed E-state index contributed by atoms with van der Waals surface area (Å²) >= 11 is 0. The van der Waals surface area contributed by atoms with Crippen LogP contribution in [0, 0.1) is 0 Å². The fraction of sp³-hybridized carbons (Fsp3) is 0. The molecule has 0 N–H and O–H groups in total. The maximum absolute atomic E-state index is 6.25. The van der Waals surface area contributed by atoms with Crippen LogP contribution in [0.4, 0.5) is 17.1 Å². The van der Waals surface area contributed by atoms with Crippen LogP contribution in [0.1, 0.15) is 0 Å². The van der Waals surface area contributed by atoms with Crippen molar-refractivity contribution in [3.63, 3.8) is 0 Å². The first-order valence-corrected chi connectivity index (χ1v) is 14.6. The number of benzene rings is 6. The van der Waals surface area contributed by atoms with Gasteiger partial charge in [-0.05, 0) is 90.3 Å². The average Bonchev–Trinajstić information content (AvgIpc) is 3.76. The van der Waals surface area contributed by atoms with Crippen LogP contribution >= 0.6 is 0 Å². The van der Waals surface area contributed by atoms with Crippen molar-refractivity contribution in [2.45, 2.75) is 0 Å². The Labute approximate surface area is 250 Å². The standard InChI is InChI=1S/C39H22N2O3/c1-3-9-34-28(6-1)32-21-25(13-17-36(32)42-34)41(26-14-18-37-33(22-26)29-7-2-4-10-35(29)43-37)24-12-16-27-23(20-24)11-15-30-31-8-5-19-40-39(31)44-38(27)30/h1-22H. The molecule has 5 nitrogen and oxygen atoms in total. The summed E-state index contributed by atoms with van der Waals surface area (Å²) in [6.07, 6.45) is 1.77. The molecular weight excluding hydrogens is 544 g/mol. The molecule has 206 valence electrons. The van der Waals surface area contributed by atoms with Crippen molar-refractivity contribution in [3.8, 4) is 0 Å². The summed E-state index contributed by atoms with van der Waals surface area (Å²) in [4.78, 5) is 6.74. The minimum atomic E-state index is 0.655. The van der Waals surface area contributed by atoms with Gasteiger partial charge >= 0.3 is 0 Å². The third kappa shape index (κ3) is 3.32. The molecule has 4 heterocycles. The highest BCUT2D eigenvalue weighted by Crippen LogP contribution is 2.42. The van der Waals surface area contributed by atoms with E-state index in [0.29, 0.717) is 5.71 Å². The molecule has 10 aromatic rings. The van der Waals surface area contributed by atoms with E-state index in [1.165, 1.54) is 0 Å². The lowest BCUT2D eigenvalue weighted by molar-refractivity contribution is 0.657. The van der Waals surface area contributed by atoms with Crippen LogP contribution in [0.15, 0.2) is 147 Å². The van der Waals surface area contributed by atoms with E-state index in [-0.39, 0.29) is 0 Å². The van der Waals surface area contributed by atoms with Crippen LogP contribution < -0.4 is 4.90 Å². The number of para-hydroxylation sites is 2. The molecule has 0 amide bonds. The number of hydrogen-bond acceptors (Lipinski definition) is 5. The second kappa shape index (κ2) is 8.72. The lowest BCUT2D eigenvalue weighted by Crippen LogP contribution is -2.09. The summed E-state index contributed by atoms with van der Waals surface area (Å²) in [7, 11) is 0. The molecule has 0 atom stereocenters. The Hall–Kier alpha value is -6.07. The molecular formula is C39H22N2O3. The molecule has 0 spiro atoms. The lowest BCUT2D eigenvalue weighted by Gasteiger charge is -2.26. The molecule has 0 fully saturated rings. The normalized spacial score (nSPS) is 12.1. The van der Waals surface area contributed by atoms with Gasteiger partial charge in [0.25, 0.3) is 0 Å². The number of rotatable bonds is 3. The topological polar surface area (TPSA) is 55.6 Å². The minimum absolute atomic E-state index is 0.655. The Kier molecular flexibility index (Phi) is 4.66. The largest absolute Gasteiger partial charge is 0.456 e. The molecule has 0 unspecified atom stereocenters. The van der Waals surface area contributed by atoms with E-state index in [4.69, 9.17) is 13.3 Å². The fourth-order valence-electron chi connectivity index (χ4n) is 6.68. The molecule has 6 aromatic carbocycles. The van der Waals surface area contributed by atoms with Gasteiger partial charge in [-0.2, -0.15) is 0 Å². The third-order valence-corrected chi connectivity index (χ3v) is 8.71. The number of nitrogens with zero attached hydrogens (tertiary/aromatic N) is 2. The number of furan rings is 3. The van der Waals surface area contributed by atoms with Gasteiger partial charge in [-0.25, -0.2) is 4.98 Å². The van der Waals surface area contributed by atoms with Gasteiger partial charge in [0.2, 0.25) is 5.71 Å². The van der Waals surface area contributed by atoms with Gasteiger partial charge in [-0.3, -0.25) is 0 Å². The number of anilines is 3. The second-order valence-electron chi connectivity index (χ2n) is 11.2. The van der Waals surface area contributed by atoms with Crippen molar-refractivity contribution in [1.29, 1.82) is 0 Å². The number of fused-ring (bicyclic) bond motifs is 11. The van der Waals surface area contributed by atoms with Crippen molar-refractivity contribution in [3.05, 3.63) is 134 Å². The molecule has 0 saturated carbocycles. The van der Waals surface area contributed by atoms with Gasteiger partial charge in [0.05, 0.1) is 0 Å². The van der Waals surface area contributed by atoms with E-state index in [1.807, 2.05) is 30.3 Å². The molecule has 0 radical (unpaired) electrons. The van der Waals surface area contributed by atoms with Crippen LogP contribution in [-0.2, 0) is 0 Å². The fourth-order valence-corrected chi connectivity index (χ4v) is 6.68. The number of pyridine rings is 1. The highest BCUT2D eigenvalue weighted by Gasteiger charge is 2.19. The van der Waals surface area contributed by atoms with Crippen molar-refractivity contribution in [2.75, 3.05) is 4.90 Å². The van der Waals surface area contributed by atoms with Crippen LogP contribution in [0.5, 0.6) is 0 Å². The van der Waals surface area contributed by atoms with E-state index in [9.17, 15) is 0 Å². The predicted molar refractivity (Wildman–Crippen MR) is 178 cm³/mol. The van der Waals surface area contributed by atoms with Crippen LogP contribution in [0.2, 0.25) is 0 Å². The monoisotopic (exact) mass is 566 g/mol. The molecule has 44 heavy (non-hydrogen) atoms. The van der Waals surface area contributed by atoms with E-state index in [0.717, 1.165) is 88.1 Å². The Bertz CT molecular complexity index is 2630. The maximum Gasteiger partial charge on any atom is 0.227 e. The summed E-state index contributed by atoms with van der Waals surface area (Å²) < 4.78 is 18.6. The number of hydrogen-bond donors (Lipinski definition) is 0. The predicted octanol–water partition coefficient (Wildman–Crippen LogP) is 11.4. The SMILES string of the molecule is c1ccc2c(c1)oc1ccc(N(c3ccc4c(ccc5c6cccnc6oc45)c3)c3ccc4oc5ccccc5c4c3)cc12. The summed E-state index contributed by atoms with van der Waals surface area (Å²) in [5.41, 5.74) is 8.10. The zero-order chi connectivity index (χ0) is 28.8. The van der Waals surface area contributed by atoms with Crippen molar-refractivity contribution >= 4 is 93.8 Å². The van der Waals surface area contributed by atoms with Crippen LogP contribution in [0.3, 0.4) is 0 Å². The lowest BCUT2D eigenvalue weighted by atomic mass is 10.0. The Morgan fingerprint density at radius 1 is 0.409 bits per heavy atom. The third-order valence-electron chi connectivity index (χ3n) is 8.71. The molecule has 0 saturated heterocycles. The van der Waals surface area contributed by atoms with E-state index < -0.39 is 0 Å². The van der Waals surface area contributed by atoms with E-state index in [2.05, 4.69) is 107 Å². The summed E-state index contributed by atoms with van der Waals surface area (Å²) in [5.74, 6) is 0. The van der Waals surface area contributed by atoms with Gasteiger partial charge in [0.15, 0.2) is 0 Å². The van der Waals surface area contributed by atoms with Crippen LogP contribution in [0.25, 0.3) is 76.7 Å².